The molecule has 4 saturated carbocycles. The summed E-state index contributed by atoms with van der Waals surface area (Å²) in [4.78, 5) is 16.1. The van der Waals surface area contributed by atoms with Gasteiger partial charge in [0.1, 0.15) is 0 Å². The molecular weight excluding hydrogens is 344 g/mol. The first-order valence-electron chi connectivity index (χ1n) is 11.3. The van der Waals surface area contributed by atoms with Gasteiger partial charge in [0.2, 0.25) is 5.91 Å². The Balaban J connectivity index is 1.48. The number of nitrogens with two attached hydrogens (primary N) is 1. The standard InChI is InChI=1S/C25H36N2O/c1-17-4-5-21(8-18(17)2)24-10-19-9-20(11-24)13-25(12-19,14-24)22(28)27-7-6-23(3,15-26)16-27/h4-5,8,19-20H,6-7,9-16,26H2,1-3H3. The minimum Gasteiger partial charge on any atom is -0.342 e. The van der Waals surface area contributed by atoms with Crippen molar-refractivity contribution in [3.8, 4) is 0 Å². The van der Waals surface area contributed by atoms with Gasteiger partial charge in [-0.25, -0.2) is 0 Å². The predicted molar refractivity (Wildman–Crippen MR) is 113 cm³/mol. The van der Waals surface area contributed by atoms with Gasteiger partial charge in [-0.2, -0.15) is 0 Å². The maximum absolute atomic E-state index is 13.9. The highest BCUT2D eigenvalue weighted by Gasteiger charge is 2.62. The van der Waals surface area contributed by atoms with Crippen LogP contribution in [0.25, 0.3) is 0 Å². The maximum atomic E-state index is 13.9. The molecule has 6 rings (SSSR count). The molecule has 4 aliphatic carbocycles. The lowest BCUT2D eigenvalue weighted by atomic mass is 9.42. The van der Waals surface area contributed by atoms with Crippen molar-refractivity contribution >= 4 is 5.91 Å². The van der Waals surface area contributed by atoms with Crippen molar-refractivity contribution in [3.05, 3.63) is 34.9 Å². The molecule has 2 N–H and O–H groups in total. The molecule has 1 aliphatic heterocycles. The van der Waals surface area contributed by atoms with Gasteiger partial charge in [-0.15, -0.1) is 0 Å². The average molecular weight is 381 g/mol. The summed E-state index contributed by atoms with van der Waals surface area (Å²) in [5.41, 5.74) is 10.5. The second-order valence-electron chi connectivity index (χ2n) is 11.3. The van der Waals surface area contributed by atoms with Gasteiger partial charge in [-0.05, 0) is 105 Å². The van der Waals surface area contributed by atoms with Gasteiger partial charge >= 0.3 is 0 Å². The molecule has 1 aromatic carbocycles. The van der Waals surface area contributed by atoms with Crippen LogP contribution in [0.5, 0.6) is 0 Å². The van der Waals surface area contributed by atoms with Crippen molar-refractivity contribution in [2.24, 2.45) is 28.4 Å². The van der Waals surface area contributed by atoms with E-state index in [0.29, 0.717) is 12.5 Å². The van der Waals surface area contributed by atoms with Crippen LogP contribution in [0.4, 0.5) is 0 Å². The first-order chi connectivity index (χ1) is 13.3. The van der Waals surface area contributed by atoms with Crippen molar-refractivity contribution in [1.29, 1.82) is 0 Å². The normalized spacial score (nSPS) is 41.6. The minimum atomic E-state index is -0.108. The van der Waals surface area contributed by atoms with Crippen LogP contribution in [0, 0.1) is 36.5 Å². The van der Waals surface area contributed by atoms with Crippen LogP contribution in [-0.4, -0.2) is 30.4 Å². The van der Waals surface area contributed by atoms with Gasteiger partial charge in [0.15, 0.2) is 0 Å². The van der Waals surface area contributed by atoms with Crippen molar-refractivity contribution in [1.82, 2.24) is 4.90 Å². The Labute approximate surface area is 170 Å². The zero-order valence-corrected chi connectivity index (χ0v) is 17.9. The number of hydrogen-bond donors (Lipinski definition) is 1. The molecule has 3 heteroatoms. The highest BCUT2D eigenvalue weighted by atomic mass is 16.2. The summed E-state index contributed by atoms with van der Waals surface area (Å²) < 4.78 is 0. The molecule has 0 aromatic heterocycles. The summed E-state index contributed by atoms with van der Waals surface area (Å²) in [7, 11) is 0. The summed E-state index contributed by atoms with van der Waals surface area (Å²) in [6, 6.07) is 7.10. The number of likely N-dealkylation sites (tertiary alicyclic amines) is 1. The molecule has 5 fully saturated rings. The number of hydrogen-bond acceptors (Lipinski definition) is 2. The average Bonchev–Trinajstić information content (AvgIpc) is 3.05. The molecule has 1 saturated heterocycles. The molecular formula is C25H36N2O. The van der Waals surface area contributed by atoms with E-state index in [-0.39, 0.29) is 16.2 Å². The Morgan fingerprint density at radius 3 is 2.46 bits per heavy atom. The van der Waals surface area contributed by atoms with Crippen LogP contribution >= 0.6 is 0 Å². The third kappa shape index (κ3) is 2.69. The lowest BCUT2D eigenvalue weighted by Gasteiger charge is -2.62. The number of nitrogens with zero attached hydrogens (tertiary/aromatic N) is 1. The molecule has 1 aromatic rings. The molecule has 3 atom stereocenters. The van der Waals surface area contributed by atoms with E-state index in [1.54, 1.807) is 0 Å². The number of carbonyl (C=O) groups is 1. The third-order valence-corrected chi connectivity index (χ3v) is 8.97. The fourth-order valence-corrected chi connectivity index (χ4v) is 7.62. The van der Waals surface area contributed by atoms with Crippen molar-refractivity contribution in [3.63, 3.8) is 0 Å². The molecule has 1 heterocycles. The van der Waals surface area contributed by atoms with Crippen molar-refractivity contribution < 1.29 is 4.79 Å². The third-order valence-electron chi connectivity index (χ3n) is 8.97. The van der Waals surface area contributed by atoms with Crippen LogP contribution in [0.3, 0.4) is 0 Å². The van der Waals surface area contributed by atoms with Crippen LogP contribution in [0.2, 0.25) is 0 Å². The monoisotopic (exact) mass is 380 g/mol. The SMILES string of the molecule is Cc1ccc(C23CC4CC(CC(C(=O)N5CCC(C)(CN)C5)(C4)C2)C3)cc1C. The first kappa shape index (κ1) is 18.7. The Morgan fingerprint density at radius 2 is 1.86 bits per heavy atom. The summed E-state index contributed by atoms with van der Waals surface area (Å²) in [5, 5.41) is 0. The predicted octanol–water partition coefficient (Wildman–Crippen LogP) is 4.34. The number of aryl methyl sites for hydroxylation is 2. The van der Waals surface area contributed by atoms with Gasteiger partial charge in [0, 0.05) is 13.1 Å². The molecule has 3 unspecified atom stereocenters. The quantitative estimate of drug-likeness (QED) is 0.848. The van der Waals surface area contributed by atoms with Gasteiger partial charge in [-0.1, -0.05) is 25.1 Å². The van der Waals surface area contributed by atoms with Gasteiger partial charge in [0.25, 0.3) is 0 Å². The van der Waals surface area contributed by atoms with Crippen molar-refractivity contribution in [2.45, 2.75) is 71.1 Å². The summed E-state index contributed by atoms with van der Waals surface area (Å²) >= 11 is 0. The van der Waals surface area contributed by atoms with E-state index in [2.05, 4.69) is 43.9 Å². The second kappa shape index (κ2) is 6.08. The fraction of sp³-hybridized carbons (Fsp3) is 0.720. The first-order valence-corrected chi connectivity index (χ1v) is 11.3. The molecule has 5 aliphatic rings. The van der Waals surface area contributed by atoms with Crippen LogP contribution in [-0.2, 0) is 10.2 Å². The second-order valence-corrected chi connectivity index (χ2v) is 11.3. The zero-order chi connectivity index (χ0) is 19.7. The van der Waals surface area contributed by atoms with E-state index in [1.807, 2.05) is 0 Å². The Bertz CT molecular complexity index is 801. The highest BCUT2D eigenvalue weighted by Crippen LogP contribution is 2.66. The topological polar surface area (TPSA) is 46.3 Å². The maximum Gasteiger partial charge on any atom is 0.228 e. The highest BCUT2D eigenvalue weighted by molar-refractivity contribution is 5.84. The molecule has 0 spiro atoms. The number of rotatable bonds is 3. The van der Waals surface area contributed by atoms with Crippen LogP contribution in [0.15, 0.2) is 18.2 Å². The minimum absolute atomic E-state index is 0.108. The van der Waals surface area contributed by atoms with Crippen LogP contribution in [0.1, 0.15) is 68.6 Å². The lowest BCUT2D eigenvalue weighted by molar-refractivity contribution is -0.159. The van der Waals surface area contributed by atoms with Crippen molar-refractivity contribution in [2.75, 3.05) is 19.6 Å². The molecule has 152 valence electrons. The van der Waals surface area contributed by atoms with Gasteiger partial charge < -0.3 is 10.6 Å². The zero-order valence-electron chi connectivity index (χ0n) is 17.9. The Hall–Kier alpha value is -1.35. The summed E-state index contributed by atoms with van der Waals surface area (Å²) in [6.07, 6.45) is 8.32. The molecule has 0 radical (unpaired) electrons. The summed E-state index contributed by atoms with van der Waals surface area (Å²) in [5.74, 6) is 1.93. The molecule has 4 bridgehead atoms. The van der Waals surface area contributed by atoms with E-state index >= 15 is 0 Å². The van der Waals surface area contributed by atoms with E-state index in [0.717, 1.165) is 50.6 Å². The van der Waals surface area contributed by atoms with E-state index in [1.165, 1.54) is 36.0 Å². The number of carbonyl (C=O) groups excluding carboxylic acids is 1. The molecule has 28 heavy (non-hydrogen) atoms. The Morgan fingerprint density at radius 1 is 1.14 bits per heavy atom. The van der Waals surface area contributed by atoms with E-state index in [4.69, 9.17) is 5.73 Å². The molecule has 3 nitrogen and oxygen atoms in total. The number of benzene rings is 1. The lowest BCUT2D eigenvalue weighted by Crippen LogP contribution is -2.59. The fourth-order valence-electron chi connectivity index (χ4n) is 7.62. The smallest absolute Gasteiger partial charge is 0.228 e. The summed E-state index contributed by atoms with van der Waals surface area (Å²) in [6.45, 7) is 9.12. The van der Waals surface area contributed by atoms with Crippen LogP contribution < -0.4 is 5.73 Å². The number of amides is 1. The molecule has 1 amide bonds. The van der Waals surface area contributed by atoms with Gasteiger partial charge in [-0.3, -0.25) is 4.79 Å². The van der Waals surface area contributed by atoms with E-state index < -0.39 is 0 Å². The largest absolute Gasteiger partial charge is 0.342 e. The van der Waals surface area contributed by atoms with Gasteiger partial charge in [0.05, 0.1) is 5.41 Å². The Kier molecular flexibility index (Phi) is 4.05. The van der Waals surface area contributed by atoms with E-state index in [9.17, 15) is 4.79 Å².